The van der Waals surface area contributed by atoms with E-state index < -0.39 is 0 Å². The van der Waals surface area contributed by atoms with Crippen LogP contribution in [0.25, 0.3) is 11.0 Å². The monoisotopic (exact) mass is 280 g/mol. The SMILES string of the molecule is CNC(=O)c1ccc2c(c1)nnn2Cc1ccc(C)cc1. The van der Waals surface area contributed by atoms with E-state index in [0.717, 1.165) is 11.0 Å². The van der Waals surface area contributed by atoms with E-state index in [4.69, 9.17) is 0 Å². The minimum Gasteiger partial charge on any atom is -0.355 e. The van der Waals surface area contributed by atoms with Crippen LogP contribution >= 0.6 is 0 Å². The van der Waals surface area contributed by atoms with E-state index in [-0.39, 0.29) is 5.91 Å². The maximum atomic E-state index is 11.6. The molecule has 0 spiro atoms. The number of benzene rings is 2. The van der Waals surface area contributed by atoms with Gasteiger partial charge in [0.15, 0.2) is 0 Å². The highest BCUT2D eigenvalue weighted by molar-refractivity contribution is 5.97. The van der Waals surface area contributed by atoms with Gasteiger partial charge in [0.2, 0.25) is 0 Å². The Morgan fingerprint density at radius 3 is 2.67 bits per heavy atom. The molecule has 0 saturated carbocycles. The summed E-state index contributed by atoms with van der Waals surface area (Å²) in [6, 6.07) is 13.8. The van der Waals surface area contributed by atoms with E-state index in [1.54, 1.807) is 19.2 Å². The van der Waals surface area contributed by atoms with Crippen molar-refractivity contribution in [1.82, 2.24) is 20.3 Å². The van der Waals surface area contributed by atoms with Gasteiger partial charge in [-0.25, -0.2) is 4.68 Å². The van der Waals surface area contributed by atoms with Crippen LogP contribution in [0.3, 0.4) is 0 Å². The quantitative estimate of drug-likeness (QED) is 0.799. The predicted molar refractivity (Wildman–Crippen MR) is 81.2 cm³/mol. The number of amides is 1. The molecule has 0 unspecified atom stereocenters. The Hall–Kier alpha value is -2.69. The largest absolute Gasteiger partial charge is 0.355 e. The maximum absolute atomic E-state index is 11.6. The van der Waals surface area contributed by atoms with Crippen molar-refractivity contribution in [1.29, 1.82) is 0 Å². The Morgan fingerprint density at radius 1 is 1.19 bits per heavy atom. The fourth-order valence-corrected chi connectivity index (χ4v) is 2.24. The van der Waals surface area contributed by atoms with Crippen molar-refractivity contribution < 1.29 is 4.79 Å². The molecular weight excluding hydrogens is 264 g/mol. The molecule has 1 amide bonds. The molecule has 5 nitrogen and oxygen atoms in total. The van der Waals surface area contributed by atoms with Crippen molar-refractivity contribution in [3.63, 3.8) is 0 Å². The molecule has 2 aromatic carbocycles. The molecule has 0 aliphatic heterocycles. The molecule has 1 aromatic heterocycles. The summed E-state index contributed by atoms with van der Waals surface area (Å²) in [4.78, 5) is 11.6. The zero-order valence-electron chi connectivity index (χ0n) is 12.0. The molecule has 3 rings (SSSR count). The summed E-state index contributed by atoms with van der Waals surface area (Å²) in [5.74, 6) is -0.120. The van der Waals surface area contributed by atoms with Gasteiger partial charge in [-0.05, 0) is 30.7 Å². The minimum atomic E-state index is -0.120. The molecule has 1 heterocycles. The Bertz CT molecular complexity index is 790. The van der Waals surface area contributed by atoms with Crippen LogP contribution in [-0.2, 0) is 6.54 Å². The van der Waals surface area contributed by atoms with Crippen LogP contribution in [0.15, 0.2) is 42.5 Å². The molecule has 0 radical (unpaired) electrons. The van der Waals surface area contributed by atoms with Crippen LogP contribution in [0, 0.1) is 6.92 Å². The van der Waals surface area contributed by atoms with E-state index in [0.29, 0.717) is 12.1 Å². The number of carbonyl (C=O) groups is 1. The Kier molecular flexibility index (Phi) is 3.39. The molecule has 3 aromatic rings. The van der Waals surface area contributed by atoms with Gasteiger partial charge in [-0.1, -0.05) is 35.0 Å². The third-order valence-corrected chi connectivity index (χ3v) is 3.46. The average Bonchev–Trinajstić information content (AvgIpc) is 2.91. The Morgan fingerprint density at radius 2 is 1.95 bits per heavy atom. The number of nitrogens with one attached hydrogen (secondary N) is 1. The average molecular weight is 280 g/mol. The molecule has 0 aliphatic carbocycles. The van der Waals surface area contributed by atoms with Crippen LogP contribution in [0.4, 0.5) is 0 Å². The predicted octanol–water partition coefficient (Wildman–Crippen LogP) is 2.15. The minimum absolute atomic E-state index is 0.120. The van der Waals surface area contributed by atoms with Gasteiger partial charge in [-0.3, -0.25) is 4.79 Å². The first kappa shape index (κ1) is 13.3. The number of hydrogen-bond acceptors (Lipinski definition) is 3. The smallest absolute Gasteiger partial charge is 0.251 e. The summed E-state index contributed by atoms with van der Waals surface area (Å²) in [6.45, 7) is 2.73. The van der Waals surface area contributed by atoms with Crippen molar-refractivity contribution in [3.8, 4) is 0 Å². The van der Waals surface area contributed by atoms with Crippen LogP contribution in [-0.4, -0.2) is 27.9 Å². The van der Waals surface area contributed by atoms with Gasteiger partial charge in [0, 0.05) is 12.6 Å². The second kappa shape index (κ2) is 5.36. The lowest BCUT2D eigenvalue weighted by Crippen LogP contribution is -2.17. The van der Waals surface area contributed by atoms with Crippen molar-refractivity contribution in [2.45, 2.75) is 13.5 Å². The second-order valence-corrected chi connectivity index (χ2v) is 5.02. The summed E-state index contributed by atoms with van der Waals surface area (Å²) < 4.78 is 1.84. The van der Waals surface area contributed by atoms with Crippen LogP contribution in [0.1, 0.15) is 21.5 Å². The van der Waals surface area contributed by atoms with E-state index >= 15 is 0 Å². The maximum Gasteiger partial charge on any atom is 0.251 e. The molecule has 0 saturated heterocycles. The Labute approximate surface area is 122 Å². The first-order valence-corrected chi connectivity index (χ1v) is 6.78. The van der Waals surface area contributed by atoms with Crippen molar-refractivity contribution in [2.75, 3.05) is 7.05 Å². The van der Waals surface area contributed by atoms with E-state index in [1.165, 1.54) is 11.1 Å². The number of fused-ring (bicyclic) bond motifs is 1. The van der Waals surface area contributed by atoms with Crippen LogP contribution < -0.4 is 5.32 Å². The van der Waals surface area contributed by atoms with Crippen LogP contribution in [0.5, 0.6) is 0 Å². The fourth-order valence-electron chi connectivity index (χ4n) is 2.24. The summed E-state index contributed by atoms with van der Waals surface area (Å²) in [6.07, 6.45) is 0. The van der Waals surface area contributed by atoms with Crippen molar-refractivity contribution in [3.05, 3.63) is 59.2 Å². The zero-order chi connectivity index (χ0) is 14.8. The molecule has 1 N–H and O–H groups in total. The highest BCUT2D eigenvalue weighted by Crippen LogP contribution is 2.15. The summed E-state index contributed by atoms with van der Waals surface area (Å²) in [7, 11) is 1.61. The van der Waals surface area contributed by atoms with Gasteiger partial charge in [0.25, 0.3) is 5.91 Å². The lowest BCUT2D eigenvalue weighted by Gasteiger charge is -2.04. The number of nitrogens with zero attached hydrogens (tertiary/aromatic N) is 3. The first-order valence-electron chi connectivity index (χ1n) is 6.78. The number of carbonyl (C=O) groups excluding carboxylic acids is 1. The summed E-state index contributed by atoms with van der Waals surface area (Å²) in [5.41, 5.74) is 4.64. The van der Waals surface area contributed by atoms with E-state index in [9.17, 15) is 4.79 Å². The normalized spacial score (nSPS) is 10.8. The molecule has 0 fully saturated rings. The summed E-state index contributed by atoms with van der Waals surface area (Å²) >= 11 is 0. The van der Waals surface area contributed by atoms with Gasteiger partial charge < -0.3 is 5.32 Å². The van der Waals surface area contributed by atoms with Gasteiger partial charge >= 0.3 is 0 Å². The van der Waals surface area contributed by atoms with E-state index in [2.05, 4.69) is 46.8 Å². The Balaban J connectivity index is 1.93. The fraction of sp³-hybridized carbons (Fsp3) is 0.188. The van der Waals surface area contributed by atoms with Crippen molar-refractivity contribution >= 4 is 16.9 Å². The number of rotatable bonds is 3. The topological polar surface area (TPSA) is 59.8 Å². The van der Waals surface area contributed by atoms with Gasteiger partial charge in [-0.15, -0.1) is 5.10 Å². The lowest BCUT2D eigenvalue weighted by atomic mass is 10.1. The molecule has 0 bridgehead atoms. The molecular formula is C16H16N4O. The molecule has 0 aliphatic rings. The van der Waals surface area contributed by atoms with Gasteiger partial charge in [0.05, 0.1) is 12.1 Å². The molecule has 106 valence electrons. The third kappa shape index (κ3) is 2.63. The second-order valence-electron chi connectivity index (χ2n) is 5.02. The summed E-state index contributed by atoms with van der Waals surface area (Å²) in [5, 5.41) is 10.9. The third-order valence-electron chi connectivity index (χ3n) is 3.46. The van der Waals surface area contributed by atoms with Crippen LogP contribution in [0.2, 0.25) is 0 Å². The molecule has 21 heavy (non-hydrogen) atoms. The first-order chi connectivity index (χ1) is 10.2. The van der Waals surface area contributed by atoms with Gasteiger partial charge in [-0.2, -0.15) is 0 Å². The number of aromatic nitrogens is 3. The van der Waals surface area contributed by atoms with Crippen molar-refractivity contribution in [2.24, 2.45) is 0 Å². The number of hydrogen-bond donors (Lipinski definition) is 1. The lowest BCUT2D eigenvalue weighted by molar-refractivity contribution is 0.0963. The standard InChI is InChI=1S/C16H16N4O/c1-11-3-5-12(6-4-11)10-20-15-8-7-13(16(21)17-2)9-14(15)18-19-20/h3-9H,10H2,1-2H3,(H,17,21). The highest BCUT2D eigenvalue weighted by Gasteiger charge is 2.09. The molecule has 0 atom stereocenters. The van der Waals surface area contributed by atoms with E-state index in [1.807, 2.05) is 10.7 Å². The van der Waals surface area contributed by atoms with Gasteiger partial charge in [0.1, 0.15) is 5.52 Å². The highest BCUT2D eigenvalue weighted by atomic mass is 16.1. The zero-order valence-corrected chi connectivity index (χ0v) is 12.0. The number of aryl methyl sites for hydroxylation is 1. The molecule has 5 heteroatoms.